The summed E-state index contributed by atoms with van der Waals surface area (Å²) < 4.78 is 0. The Morgan fingerprint density at radius 1 is 0.762 bits per heavy atom. The Balaban J connectivity index is 2.41. The summed E-state index contributed by atoms with van der Waals surface area (Å²) in [6.45, 7) is 9.28. The van der Waals surface area contributed by atoms with Crippen LogP contribution >= 0.6 is 0 Å². The van der Waals surface area contributed by atoms with E-state index in [0.29, 0.717) is 5.92 Å². The van der Waals surface area contributed by atoms with Gasteiger partial charge in [0.25, 0.3) is 0 Å². The third-order valence-electron chi connectivity index (χ3n) is 4.71. The molecule has 0 spiro atoms. The second kappa shape index (κ2) is 10.9. The summed E-state index contributed by atoms with van der Waals surface area (Å²) in [5, 5.41) is 0. The van der Waals surface area contributed by atoms with E-state index >= 15 is 0 Å². The SMILES string of the molecule is CCCCCCCCCC(CC)c1ccccc1C(C)C. The van der Waals surface area contributed by atoms with E-state index in [2.05, 4.69) is 52.0 Å². The standard InChI is InChI=1S/C21H36/c1-5-7-8-9-10-11-12-15-19(6-2)21-17-14-13-16-20(21)18(3)4/h13-14,16-19H,5-12,15H2,1-4H3. The van der Waals surface area contributed by atoms with Crippen LogP contribution in [0.5, 0.6) is 0 Å². The van der Waals surface area contributed by atoms with Crippen LogP contribution in [0.3, 0.4) is 0 Å². The van der Waals surface area contributed by atoms with E-state index in [1.807, 2.05) is 0 Å². The Bertz CT molecular complexity index is 364. The molecule has 0 saturated heterocycles. The average Bonchev–Trinajstić information content (AvgIpc) is 2.50. The minimum Gasteiger partial charge on any atom is -0.0654 e. The minimum atomic E-state index is 0.643. The zero-order valence-electron chi connectivity index (χ0n) is 14.8. The first-order valence-corrected chi connectivity index (χ1v) is 9.29. The monoisotopic (exact) mass is 288 g/mol. The van der Waals surface area contributed by atoms with Crippen LogP contribution in [0.1, 0.15) is 108 Å². The van der Waals surface area contributed by atoms with Crippen molar-refractivity contribution in [1.82, 2.24) is 0 Å². The number of unbranched alkanes of at least 4 members (excludes halogenated alkanes) is 6. The van der Waals surface area contributed by atoms with Crippen molar-refractivity contribution in [3.8, 4) is 0 Å². The molecule has 0 heterocycles. The Hall–Kier alpha value is -0.780. The molecule has 1 atom stereocenters. The molecule has 120 valence electrons. The zero-order valence-corrected chi connectivity index (χ0v) is 14.8. The molecular weight excluding hydrogens is 252 g/mol. The van der Waals surface area contributed by atoms with Crippen LogP contribution in [-0.4, -0.2) is 0 Å². The van der Waals surface area contributed by atoms with Crippen molar-refractivity contribution in [2.24, 2.45) is 0 Å². The third-order valence-corrected chi connectivity index (χ3v) is 4.71. The molecule has 0 amide bonds. The lowest BCUT2D eigenvalue weighted by molar-refractivity contribution is 0.522. The molecule has 0 aliphatic rings. The summed E-state index contributed by atoms with van der Waals surface area (Å²) in [5.41, 5.74) is 3.17. The van der Waals surface area contributed by atoms with E-state index in [0.717, 1.165) is 5.92 Å². The molecule has 0 heteroatoms. The van der Waals surface area contributed by atoms with Gasteiger partial charge in [-0.1, -0.05) is 96.9 Å². The smallest absolute Gasteiger partial charge is 0.0162 e. The summed E-state index contributed by atoms with van der Waals surface area (Å²) >= 11 is 0. The highest BCUT2D eigenvalue weighted by Crippen LogP contribution is 2.32. The van der Waals surface area contributed by atoms with Crippen LogP contribution in [0.15, 0.2) is 24.3 Å². The molecule has 0 saturated carbocycles. The molecule has 21 heavy (non-hydrogen) atoms. The molecular formula is C21H36. The quantitative estimate of drug-likeness (QED) is 0.371. The van der Waals surface area contributed by atoms with E-state index in [1.54, 1.807) is 11.1 Å². The van der Waals surface area contributed by atoms with Gasteiger partial charge in [0.2, 0.25) is 0 Å². The van der Waals surface area contributed by atoms with Crippen molar-refractivity contribution < 1.29 is 0 Å². The molecule has 1 rings (SSSR count). The van der Waals surface area contributed by atoms with Crippen molar-refractivity contribution in [2.45, 2.75) is 97.3 Å². The van der Waals surface area contributed by atoms with Gasteiger partial charge >= 0.3 is 0 Å². The maximum Gasteiger partial charge on any atom is -0.0162 e. The summed E-state index contributed by atoms with van der Waals surface area (Å²) in [7, 11) is 0. The van der Waals surface area contributed by atoms with Crippen LogP contribution in [0.2, 0.25) is 0 Å². The van der Waals surface area contributed by atoms with E-state index < -0.39 is 0 Å². The molecule has 0 aliphatic heterocycles. The Labute approximate surface area is 133 Å². The molecule has 1 unspecified atom stereocenters. The van der Waals surface area contributed by atoms with Crippen LogP contribution in [0.25, 0.3) is 0 Å². The van der Waals surface area contributed by atoms with Gasteiger partial charge in [0, 0.05) is 0 Å². The van der Waals surface area contributed by atoms with Crippen LogP contribution < -0.4 is 0 Å². The molecule has 0 fully saturated rings. The van der Waals surface area contributed by atoms with Gasteiger partial charge in [-0.3, -0.25) is 0 Å². The molecule has 0 nitrogen and oxygen atoms in total. The fraction of sp³-hybridized carbons (Fsp3) is 0.714. The first-order valence-electron chi connectivity index (χ1n) is 9.29. The largest absolute Gasteiger partial charge is 0.0654 e. The maximum atomic E-state index is 2.37. The molecule has 1 aromatic rings. The van der Waals surface area contributed by atoms with Crippen molar-refractivity contribution in [2.75, 3.05) is 0 Å². The van der Waals surface area contributed by atoms with Crippen LogP contribution in [0.4, 0.5) is 0 Å². The Kier molecular flexibility index (Phi) is 9.46. The summed E-state index contributed by atoms with van der Waals surface area (Å²) in [5.74, 6) is 1.41. The highest BCUT2D eigenvalue weighted by Gasteiger charge is 2.14. The van der Waals surface area contributed by atoms with Crippen molar-refractivity contribution in [1.29, 1.82) is 0 Å². The second-order valence-electron chi connectivity index (χ2n) is 6.80. The molecule has 0 N–H and O–H groups in total. The lowest BCUT2D eigenvalue weighted by atomic mass is 9.84. The number of hydrogen-bond acceptors (Lipinski definition) is 0. The lowest BCUT2D eigenvalue weighted by Crippen LogP contribution is -2.03. The zero-order chi connectivity index (χ0) is 15.5. The number of benzene rings is 1. The van der Waals surface area contributed by atoms with Gasteiger partial charge in [-0.2, -0.15) is 0 Å². The minimum absolute atomic E-state index is 0.643. The molecule has 0 bridgehead atoms. The van der Waals surface area contributed by atoms with Gasteiger partial charge in [-0.25, -0.2) is 0 Å². The van der Waals surface area contributed by atoms with Gasteiger partial charge in [0.1, 0.15) is 0 Å². The Morgan fingerprint density at radius 3 is 1.90 bits per heavy atom. The normalized spacial score (nSPS) is 12.8. The second-order valence-corrected chi connectivity index (χ2v) is 6.80. The number of rotatable bonds is 11. The first-order chi connectivity index (χ1) is 10.2. The van der Waals surface area contributed by atoms with Crippen molar-refractivity contribution in [3.63, 3.8) is 0 Å². The van der Waals surface area contributed by atoms with Gasteiger partial charge < -0.3 is 0 Å². The van der Waals surface area contributed by atoms with Gasteiger partial charge in [0.05, 0.1) is 0 Å². The molecule has 0 radical (unpaired) electrons. The fourth-order valence-electron chi connectivity index (χ4n) is 3.34. The summed E-state index contributed by atoms with van der Waals surface area (Å²) in [4.78, 5) is 0. The summed E-state index contributed by atoms with van der Waals surface area (Å²) in [6, 6.07) is 9.10. The van der Waals surface area contributed by atoms with Crippen LogP contribution in [0, 0.1) is 0 Å². The Morgan fingerprint density at radius 2 is 1.33 bits per heavy atom. The molecule has 1 aromatic carbocycles. The van der Waals surface area contributed by atoms with E-state index in [9.17, 15) is 0 Å². The highest BCUT2D eigenvalue weighted by molar-refractivity contribution is 5.32. The topological polar surface area (TPSA) is 0 Å². The van der Waals surface area contributed by atoms with E-state index in [1.165, 1.54) is 57.8 Å². The van der Waals surface area contributed by atoms with Crippen molar-refractivity contribution in [3.05, 3.63) is 35.4 Å². The van der Waals surface area contributed by atoms with Gasteiger partial charge in [-0.15, -0.1) is 0 Å². The summed E-state index contributed by atoms with van der Waals surface area (Å²) in [6.07, 6.45) is 12.5. The first kappa shape index (κ1) is 18.3. The maximum absolute atomic E-state index is 2.37. The van der Waals surface area contributed by atoms with Crippen LogP contribution in [-0.2, 0) is 0 Å². The van der Waals surface area contributed by atoms with E-state index in [4.69, 9.17) is 0 Å². The van der Waals surface area contributed by atoms with E-state index in [-0.39, 0.29) is 0 Å². The average molecular weight is 289 g/mol. The van der Waals surface area contributed by atoms with Gasteiger partial charge in [-0.05, 0) is 35.8 Å². The fourth-order valence-corrected chi connectivity index (χ4v) is 3.34. The number of hydrogen-bond donors (Lipinski definition) is 0. The predicted octanol–water partition coefficient (Wildman–Crippen LogP) is 7.44. The molecule has 0 aromatic heterocycles. The third kappa shape index (κ3) is 6.68. The highest BCUT2D eigenvalue weighted by atomic mass is 14.2. The molecule has 0 aliphatic carbocycles. The lowest BCUT2D eigenvalue weighted by Gasteiger charge is -2.21. The van der Waals surface area contributed by atoms with Gasteiger partial charge in [0.15, 0.2) is 0 Å². The van der Waals surface area contributed by atoms with Crippen molar-refractivity contribution >= 4 is 0 Å². The predicted molar refractivity (Wildman–Crippen MR) is 96.2 cm³/mol.